The number of nitrogens with zero attached hydrogens (tertiary/aromatic N) is 2. The number of hydrogen-bond acceptors (Lipinski definition) is 5. The molecule has 7 heteroatoms. The Morgan fingerprint density at radius 2 is 2.33 bits per heavy atom. The first kappa shape index (κ1) is 17.5. The molecule has 24 heavy (non-hydrogen) atoms. The lowest BCUT2D eigenvalue weighted by Gasteiger charge is -2.27. The molecule has 0 spiro atoms. The van der Waals surface area contributed by atoms with Crippen LogP contribution in [-0.4, -0.2) is 41.7 Å². The first-order valence-corrected chi connectivity index (χ1v) is 9.22. The van der Waals surface area contributed by atoms with E-state index in [1.165, 1.54) is 11.8 Å². The predicted octanol–water partition coefficient (Wildman–Crippen LogP) is 2.72. The standard InChI is InChI=1S/C17H20ClN3O2S/c1-23-8-7-21-6-5-15-14(10-21)16(22)20-17(19-15)24-11-12-3-2-4-13(18)9-12/h2-4,9H,5-8,10-11H2,1H3,(H,19,20,22). The molecule has 2 aromatic rings. The molecule has 1 N–H and O–H groups in total. The summed E-state index contributed by atoms with van der Waals surface area (Å²) in [6.45, 7) is 3.06. The van der Waals surface area contributed by atoms with Gasteiger partial charge in [0.05, 0.1) is 17.9 Å². The van der Waals surface area contributed by atoms with Crippen LogP contribution in [0.5, 0.6) is 0 Å². The van der Waals surface area contributed by atoms with Crippen molar-refractivity contribution in [2.45, 2.75) is 23.9 Å². The van der Waals surface area contributed by atoms with Crippen LogP contribution in [0.15, 0.2) is 34.2 Å². The number of fused-ring (bicyclic) bond motifs is 1. The summed E-state index contributed by atoms with van der Waals surface area (Å²) in [5.41, 5.74) is 2.78. The average Bonchev–Trinajstić information content (AvgIpc) is 2.58. The Morgan fingerprint density at radius 1 is 1.46 bits per heavy atom. The Bertz CT molecular complexity index is 766. The van der Waals surface area contributed by atoms with Crippen LogP contribution in [0.3, 0.4) is 0 Å². The van der Waals surface area contributed by atoms with E-state index in [4.69, 9.17) is 16.3 Å². The van der Waals surface area contributed by atoms with E-state index in [1.807, 2.05) is 24.3 Å². The number of methoxy groups -OCH3 is 1. The van der Waals surface area contributed by atoms with Gasteiger partial charge in [-0.2, -0.15) is 0 Å². The van der Waals surface area contributed by atoms with E-state index in [0.29, 0.717) is 18.3 Å². The van der Waals surface area contributed by atoms with Gasteiger partial charge in [0.25, 0.3) is 5.56 Å². The van der Waals surface area contributed by atoms with Crippen molar-refractivity contribution in [1.29, 1.82) is 0 Å². The summed E-state index contributed by atoms with van der Waals surface area (Å²) in [6, 6.07) is 7.72. The molecule has 0 amide bonds. The minimum Gasteiger partial charge on any atom is -0.383 e. The van der Waals surface area contributed by atoms with E-state index >= 15 is 0 Å². The van der Waals surface area contributed by atoms with Crippen LogP contribution >= 0.6 is 23.4 Å². The average molecular weight is 366 g/mol. The fraction of sp³-hybridized carbons (Fsp3) is 0.412. The summed E-state index contributed by atoms with van der Waals surface area (Å²) in [4.78, 5) is 22.2. The zero-order valence-corrected chi connectivity index (χ0v) is 15.1. The third-order valence-electron chi connectivity index (χ3n) is 4.00. The predicted molar refractivity (Wildman–Crippen MR) is 96.7 cm³/mol. The maximum atomic E-state index is 12.4. The maximum absolute atomic E-state index is 12.4. The van der Waals surface area contributed by atoms with Gasteiger partial charge in [0.2, 0.25) is 0 Å². The second-order valence-corrected chi connectivity index (χ2v) is 7.13. The second kappa shape index (κ2) is 8.16. The van der Waals surface area contributed by atoms with Crippen LogP contribution in [0.4, 0.5) is 0 Å². The van der Waals surface area contributed by atoms with Crippen molar-refractivity contribution in [1.82, 2.24) is 14.9 Å². The van der Waals surface area contributed by atoms with Crippen LogP contribution in [0.2, 0.25) is 5.02 Å². The van der Waals surface area contributed by atoms with E-state index in [1.54, 1.807) is 7.11 Å². The normalized spacial score (nSPS) is 14.6. The molecular weight excluding hydrogens is 346 g/mol. The van der Waals surface area contributed by atoms with E-state index < -0.39 is 0 Å². The fourth-order valence-corrected chi connectivity index (χ4v) is 3.75. The van der Waals surface area contributed by atoms with Crippen LogP contribution in [0, 0.1) is 0 Å². The van der Waals surface area contributed by atoms with E-state index in [2.05, 4.69) is 14.9 Å². The lowest BCUT2D eigenvalue weighted by molar-refractivity contribution is 0.139. The highest BCUT2D eigenvalue weighted by molar-refractivity contribution is 7.98. The van der Waals surface area contributed by atoms with Crippen molar-refractivity contribution >= 4 is 23.4 Å². The SMILES string of the molecule is COCCN1CCc2nc(SCc3cccc(Cl)c3)[nH]c(=O)c2C1. The minimum absolute atomic E-state index is 0.0317. The van der Waals surface area contributed by atoms with Gasteiger partial charge in [-0.05, 0) is 17.7 Å². The molecule has 0 fully saturated rings. The highest BCUT2D eigenvalue weighted by Crippen LogP contribution is 2.22. The molecule has 1 aliphatic rings. The molecule has 1 aromatic carbocycles. The first-order chi connectivity index (χ1) is 11.7. The van der Waals surface area contributed by atoms with Crippen molar-refractivity contribution in [3.8, 4) is 0 Å². The van der Waals surface area contributed by atoms with Crippen molar-refractivity contribution in [2.75, 3.05) is 26.8 Å². The van der Waals surface area contributed by atoms with Crippen molar-refractivity contribution in [3.05, 3.63) is 56.5 Å². The molecule has 0 bridgehead atoms. The van der Waals surface area contributed by atoms with Crippen LogP contribution < -0.4 is 5.56 Å². The van der Waals surface area contributed by atoms with Gasteiger partial charge in [-0.1, -0.05) is 35.5 Å². The molecule has 5 nitrogen and oxygen atoms in total. The smallest absolute Gasteiger partial charge is 0.256 e. The highest BCUT2D eigenvalue weighted by atomic mass is 35.5. The van der Waals surface area contributed by atoms with Crippen LogP contribution in [0.1, 0.15) is 16.8 Å². The van der Waals surface area contributed by atoms with Gasteiger partial charge in [-0.25, -0.2) is 4.98 Å². The summed E-state index contributed by atoms with van der Waals surface area (Å²) in [5.74, 6) is 0.724. The third-order valence-corrected chi connectivity index (χ3v) is 5.18. The third kappa shape index (κ3) is 4.39. The van der Waals surface area contributed by atoms with Gasteiger partial charge in [0, 0.05) is 43.9 Å². The highest BCUT2D eigenvalue weighted by Gasteiger charge is 2.20. The Hall–Kier alpha value is -1.34. The summed E-state index contributed by atoms with van der Waals surface area (Å²) < 4.78 is 5.11. The molecule has 0 atom stereocenters. The molecule has 0 radical (unpaired) electrons. The largest absolute Gasteiger partial charge is 0.383 e. The topological polar surface area (TPSA) is 58.2 Å². The van der Waals surface area contributed by atoms with Gasteiger partial charge in [-0.15, -0.1) is 0 Å². The van der Waals surface area contributed by atoms with Gasteiger partial charge in [0.15, 0.2) is 5.16 Å². The number of thioether (sulfide) groups is 1. The van der Waals surface area contributed by atoms with E-state index in [-0.39, 0.29) is 5.56 Å². The molecule has 1 aliphatic heterocycles. The number of hydrogen-bond donors (Lipinski definition) is 1. The summed E-state index contributed by atoms with van der Waals surface area (Å²) in [5, 5.41) is 1.39. The molecule has 0 saturated heterocycles. The van der Waals surface area contributed by atoms with Gasteiger partial charge < -0.3 is 9.72 Å². The second-order valence-electron chi connectivity index (χ2n) is 5.73. The Labute approximate surface area is 150 Å². The molecule has 2 heterocycles. The van der Waals surface area contributed by atoms with Gasteiger partial charge >= 0.3 is 0 Å². The van der Waals surface area contributed by atoms with Gasteiger partial charge in [0.1, 0.15) is 0 Å². The Morgan fingerprint density at radius 3 is 3.12 bits per heavy atom. The number of H-pyrrole nitrogens is 1. The first-order valence-electron chi connectivity index (χ1n) is 7.86. The monoisotopic (exact) mass is 365 g/mol. The minimum atomic E-state index is -0.0317. The maximum Gasteiger partial charge on any atom is 0.256 e. The molecule has 128 valence electrons. The Kier molecular flexibility index (Phi) is 5.94. The summed E-state index contributed by atoms with van der Waals surface area (Å²) in [7, 11) is 1.69. The quantitative estimate of drug-likeness (QED) is 0.630. The zero-order chi connectivity index (χ0) is 16.9. The van der Waals surface area contributed by atoms with Crippen molar-refractivity contribution in [2.24, 2.45) is 0 Å². The number of nitrogens with one attached hydrogen (secondary N) is 1. The lowest BCUT2D eigenvalue weighted by atomic mass is 10.1. The van der Waals surface area contributed by atoms with Crippen LogP contribution in [-0.2, 0) is 23.5 Å². The van der Waals surface area contributed by atoms with E-state index in [9.17, 15) is 4.79 Å². The molecule has 0 saturated carbocycles. The zero-order valence-electron chi connectivity index (χ0n) is 13.5. The molecule has 3 rings (SSSR count). The number of aromatic nitrogens is 2. The Balaban J connectivity index is 1.69. The number of ether oxygens (including phenoxy) is 1. The molecule has 1 aromatic heterocycles. The van der Waals surface area contributed by atoms with Crippen molar-refractivity contribution in [3.63, 3.8) is 0 Å². The number of aromatic amines is 1. The van der Waals surface area contributed by atoms with E-state index in [0.717, 1.165) is 47.1 Å². The molecular formula is C17H20ClN3O2S. The van der Waals surface area contributed by atoms with Crippen molar-refractivity contribution < 1.29 is 4.74 Å². The molecule has 0 unspecified atom stereocenters. The molecule has 0 aliphatic carbocycles. The lowest BCUT2D eigenvalue weighted by Crippen LogP contribution is -2.37. The number of halogens is 1. The number of rotatable bonds is 6. The number of benzene rings is 1. The fourth-order valence-electron chi connectivity index (χ4n) is 2.72. The van der Waals surface area contributed by atoms with Gasteiger partial charge in [-0.3, -0.25) is 9.69 Å². The summed E-state index contributed by atoms with van der Waals surface area (Å²) >= 11 is 7.53. The summed E-state index contributed by atoms with van der Waals surface area (Å²) in [6.07, 6.45) is 0.799. The van der Waals surface area contributed by atoms with Crippen LogP contribution in [0.25, 0.3) is 0 Å².